The van der Waals surface area contributed by atoms with Gasteiger partial charge in [-0.2, -0.15) is 0 Å². The summed E-state index contributed by atoms with van der Waals surface area (Å²) in [4.78, 5) is 32.7. The number of piperidine rings is 2. The second-order valence-electron chi connectivity index (χ2n) is 9.86. The summed E-state index contributed by atoms with van der Waals surface area (Å²) in [5.74, 6) is -0.304. The first-order valence-electron chi connectivity index (χ1n) is 12.6. The van der Waals surface area contributed by atoms with Gasteiger partial charge in [0, 0.05) is 35.8 Å². The topological polar surface area (TPSA) is 76.6 Å². The molecule has 1 atom stereocenters. The number of fused-ring (bicyclic) bond motifs is 1. The molecular formula is C29H33N3O3. The molecule has 35 heavy (non-hydrogen) atoms. The van der Waals surface area contributed by atoms with E-state index in [1.165, 1.54) is 10.9 Å². The number of para-hydroxylation sites is 1. The van der Waals surface area contributed by atoms with Crippen LogP contribution in [-0.2, 0) is 9.59 Å². The smallest absolute Gasteiger partial charge is 0.321 e. The Bertz CT molecular complexity index is 1200. The van der Waals surface area contributed by atoms with Gasteiger partial charge in [0.15, 0.2) is 0 Å². The van der Waals surface area contributed by atoms with Crippen molar-refractivity contribution in [2.24, 2.45) is 5.92 Å². The molecule has 1 amide bonds. The van der Waals surface area contributed by atoms with E-state index in [0.29, 0.717) is 37.4 Å². The molecule has 0 radical (unpaired) electrons. The molecule has 6 nitrogen and oxygen atoms in total. The molecule has 2 fully saturated rings. The van der Waals surface area contributed by atoms with E-state index in [9.17, 15) is 14.7 Å². The number of aliphatic carboxylic acids is 1. The van der Waals surface area contributed by atoms with Crippen LogP contribution in [0.1, 0.15) is 42.7 Å². The minimum Gasteiger partial charge on any atom is -0.480 e. The molecule has 3 aromatic rings. The van der Waals surface area contributed by atoms with Gasteiger partial charge in [0.25, 0.3) is 5.91 Å². The Morgan fingerprint density at radius 1 is 0.914 bits per heavy atom. The second kappa shape index (κ2) is 10.1. The monoisotopic (exact) mass is 471 g/mol. The van der Waals surface area contributed by atoms with Crippen molar-refractivity contribution in [1.29, 1.82) is 0 Å². The number of benzene rings is 2. The van der Waals surface area contributed by atoms with E-state index in [-0.39, 0.29) is 11.8 Å². The molecule has 5 rings (SSSR count). The zero-order valence-electron chi connectivity index (χ0n) is 20.0. The van der Waals surface area contributed by atoms with Gasteiger partial charge in [-0.25, -0.2) is 0 Å². The molecule has 1 unspecified atom stereocenters. The van der Waals surface area contributed by atoms with Crippen LogP contribution in [0.3, 0.4) is 0 Å². The minimum absolute atomic E-state index is 0.0474. The van der Waals surface area contributed by atoms with Crippen molar-refractivity contribution in [3.8, 4) is 0 Å². The third-order valence-corrected chi connectivity index (χ3v) is 7.89. The Hall–Kier alpha value is -3.38. The van der Waals surface area contributed by atoms with E-state index in [2.05, 4.69) is 40.9 Å². The SMILES string of the molecule is C=C(C(=O)N1CCC(C(C(=O)O)N2CCC(c3c[nH]c4ccccc34)CC2)CC1)c1ccccc1. The van der Waals surface area contributed by atoms with E-state index in [0.717, 1.165) is 37.0 Å². The molecule has 0 spiro atoms. The summed E-state index contributed by atoms with van der Waals surface area (Å²) in [6.45, 7) is 6.72. The number of aromatic amines is 1. The average Bonchev–Trinajstić information content (AvgIpc) is 3.33. The van der Waals surface area contributed by atoms with Crippen LogP contribution in [0.2, 0.25) is 0 Å². The number of carboxylic acid groups (broad SMARTS) is 1. The van der Waals surface area contributed by atoms with E-state index < -0.39 is 12.0 Å². The lowest BCUT2D eigenvalue weighted by molar-refractivity contribution is -0.147. The van der Waals surface area contributed by atoms with Crippen molar-refractivity contribution in [2.45, 2.75) is 37.6 Å². The summed E-state index contributed by atoms with van der Waals surface area (Å²) in [5, 5.41) is 11.4. The molecule has 2 aliphatic rings. The third-order valence-electron chi connectivity index (χ3n) is 7.89. The van der Waals surface area contributed by atoms with Gasteiger partial charge in [0.1, 0.15) is 6.04 Å². The molecule has 2 N–H and O–H groups in total. The highest BCUT2D eigenvalue weighted by Gasteiger charge is 2.38. The predicted octanol–water partition coefficient (Wildman–Crippen LogP) is 4.75. The van der Waals surface area contributed by atoms with Crippen molar-refractivity contribution in [3.63, 3.8) is 0 Å². The Labute approximate surface area is 206 Å². The quantitative estimate of drug-likeness (QED) is 0.509. The molecule has 2 saturated heterocycles. The van der Waals surface area contributed by atoms with E-state index in [4.69, 9.17) is 0 Å². The first-order chi connectivity index (χ1) is 17.0. The summed E-state index contributed by atoms with van der Waals surface area (Å²) in [6, 6.07) is 17.4. The number of rotatable bonds is 6. The first kappa shape index (κ1) is 23.4. The zero-order chi connectivity index (χ0) is 24.4. The van der Waals surface area contributed by atoms with Crippen LogP contribution in [-0.4, -0.2) is 64.0 Å². The minimum atomic E-state index is -0.742. The Balaban J connectivity index is 1.19. The van der Waals surface area contributed by atoms with Gasteiger partial charge in [-0.15, -0.1) is 0 Å². The Kier molecular flexibility index (Phi) is 6.73. The van der Waals surface area contributed by atoms with Gasteiger partial charge in [0.05, 0.1) is 0 Å². The van der Waals surface area contributed by atoms with E-state index in [1.54, 1.807) is 0 Å². The molecule has 0 saturated carbocycles. The molecule has 182 valence electrons. The average molecular weight is 472 g/mol. The van der Waals surface area contributed by atoms with Crippen molar-refractivity contribution >= 4 is 28.4 Å². The van der Waals surface area contributed by atoms with Crippen LogP contribution in [0.15, 0.2) is 67.4 Å². The number of carbonyl (C=O) groups is 2. The highest BCUT2D eigenvalue weighted by Crippen LogP contribution is 2.35. The summed E-state index contributed by atoms with van der Waals surface area (Å²) < 4.78 is 0. The molecular weight excluding hydrogens is 438 g/mol. The second-order valence-corrected chi connectivity index (χ2v) is 9.86. The number of H-pyrrole nitrogens is 1. The van der Waals surface area contributed by atoms with E-state index in [1.807, 2.05) is 41.3 Å². The maximum atomic E-state index is 12.9. The molecule has 0 bridgehead atoms. The van der Waals surface area contributed by atoms with Crippen LogP contribution >= 0.6 is 0 Å². The molecule has 1 aromatic heterocycles. The van der Waals surface area contributed by atoms with Crippen molar-refractivity contribution in [1.82, 2.24) is 14.8 Å². The maximum Gasteiger partial charge on any atom is 0.321 e. The number of amides is 1. The number of carboxylic acids is 1. The predicted molar refractivity (Wildman–Crippen MR) is 138 cm³/mol. The summed E-state index contributed by atoms with van der Waals surface area (Å²) >= 11 is 0. The first-order valence-corrected chi connectivity index (χ1v) is 12.6. The lowest BCUT2D eigenvalue weighted by atomic mass is 9.84. The largest absolute Gasteiger partial charge is 0.480 e. The van der Waals surface area contributed by atoms with Crippen molar-refractivity contribution in [3.05, 3.63) is 78.5 Å². The van der Waals surface area contributed by atoms with Crippen LogP contribution in [0, 0.1) is 5.92 Å². The number of likely N-dealkylation sites (tertiary alicyclic amines) is 2. The van der Waals surface area contributed by atoms with Gasteiger partial charge in [-0.1, -0.05) is 55.1 Å². The number of hydrogen-bond donors (Lipinski definition) is 2. The molecule has 6 heteroatoms. The maximum absolute atomic E-state index is 12.9. The van der Waals surface area contributed by atoms with Crippen molar-refractivity contribution in [2.75, 3.05) is 26.2 Å². The van der Waals surface area contributed by atoms with Crippen molar-refractivity contribution < 1.29 is 14.7 Å². The fourth-order valence-electron chi connectivity index (χ4n) is 5.95. The molecule has 0 aliphatic carbocycles. The fraction of sp³-hybridized carbons (Fsp3) is 0.379. The van der Waals surface area contributed by atoms with Gasteiger partial charge >= 0.3 is 5.97 Å². The molecule has 3 heterocycles. The molecule has 2 aliphatic heterocycles. The van der Waals surface area contributed by atoms with Crippen LogP contribution in [0.5, 0.6) is 0 Å². The van der Waals surface area contributed by atoms with Crippen LogP contribution in [0.25, 0.3) is 16.5 Å². The Morgan fingerprint density at radius 2 is 1.57 bits per heavy atom. The number of nitrogens with one attached hydrogen (secondary N) is 1. The third kappa shape index (κ3) is 4.76. The van der Waals surface area contributed by atoms with Crippen LogP contribution < -0.4 is 0 Å². The standard InChI is InChI=1S/C29H33N3O3/c1-20(21-7-3-2-4-8-21)28(33)32-17-13-23(14-18-32)27(29(34)35)31-15-11-22(12-16-31)25-19-30-26-10-6-5-9-24(25)26/h2-10,19,22-23,27,30H,1,11-18H2,(H,34,35). The highest BCUT2D eigenvalue weighted by molar-refractivity contribution is 6.18. The summed E-state index contributed by atoms with van der Waals surface area (Å²) in [7, 11) is 0. The van der Waals surface area contributed by atoms with Gasteiger partial charge in [0.2, 0.25) is 0 Å². The lowest BCUT2D eigenvalue weighted by Gasteiger charge is -2.42. The van der Waals surface area contributed by atoms with Gasteiger partial charge in [-0.3, -0.25) is 14.5 Å². The number of carbonyl (C=O) groups excluding carboxylic acids is 1. The zero-order valence-corrected chi connectivity index (χ0v) is 20.0. The summed E-state index contributed by atoms with van der Waals surface area (Å²) in [6.07, 6.45) is 5.44. The number of aromatic nitrogens is 1. The highest BCUT2D eigenvalue weighted by atomic mass is 16.4. The normalized spacial score (nSPS) is 19.0. The van der Waals surface area contributed by atoms with Crippen LogP contribution in [0.4, 0.5) is 0 Å². The Morgan fingerprint density at radius 3 is 2.26 bits per heavy atom. The van der Waals surface area contributed by atoms with E-state index >= 15 is 0 Å². The fourth-order valence-corrected chi connectivity index (χ4v) is 5.95. The molecule has 2 aromatic carbocycles. The number of nitrogens with zero attached hydrogens (tertiary/aromatic N) is 2. The summed E-state index contributed by atoms with van der Waals surface area (Å²) in [5.41, 5.74) is 3.83. The van der Waals surface area contributed by atoms with Gasteiger partial charge < -0.3 is 15.0 Å². The van der Waals surface area contributed by atoms with Gasteiger partial charge in [-0.05, 0) is 67.8 Å². The number of hydrogen-bond acceptors (Lipinski definition) is 3. The lowest BCUT2D eigenvalue weighted by Crippen LogP contribution is -2.52.